The Kier molecular flexibility index (Phi) is 3.59. The standard InChI is InChI=1S/C16H15BN2O3/c1-2-22-14-8-5-12-9-15(18(17)16(12)10-14)11-3-6-13(7-4-11)19(20)21/h3-10H,2,17H2,1H3. The molecule has 0 spiro atoms. The van der Waals surface area contributed by atoms with Crippen LogP contribution >= 0.6 is 0 Å². The quantitative estimate of drug-likeness (QED) is 0.422. The van der Waals surface area contributed by atoms with E-state index in [4.69, 9.17) is 4.74 Å². The number of aromatic nitrogens is 1. The minimum atomic E-state index is -0.389. The van der Waals surface area contributed by atoms with Crippen LogP contribution in [0.1, 0.15) is 6.92 Å². The van der Waals surface area contributed by atoms with Gasteiger partial charge >= 0.3 is 0 Å². The molecule has 3 rings (SSSR count). The summed E-state index contributed by atoms with van der Waals surface area (Å²) in [7, 11) is 1.98. The van der Waals surface area contributed by atoms with Crippen molar-refractivity contribution in [1.29, 1.82) is 0 Å². The Labute approximate surface area is 128 Å². The number of hydrogen-bond acceptors (Lipinski definition) is 3. The zero-order chi connectivity index (χ0) is 15.7. The maximum atomic E-state index is 10.7. The van der Waals surface area contributed by atoms with E-state index in [2.05, 4.69) is 10.5 Å². The van der Waals surface area contributed by atoms with Crippen LogP contribution in [-0.4, -0.2) is 24.0 Å². The van der Waals surface area contributed by atoms with Crippen LogP contribution in [0, 0.1) is 10.1 Å². The minimum absolute atomic E-state index is 0.0983. The van der Waals surface area contributed by atoms with Crippen molar-refractivity contribution in [2.75, 3.05) is 6.61 Å². The van der Waals surface area contributed by atoms with Crippen LogP contribution in [0.25, 0.3) is 22.2 Å². The predicted octanol–water partition coefficient (Wildman–Crippen LogP) is 3.01. The lowest BCUT2D eigenvalue weighted by Crippen LogP contribution is -1.96. The second-order valence-electron chi connectivity index (χ2n) is 5.05. The van der Waals surface area contributed by atoms with Gasteiger partial charge in [-0.25, -0.2) is 0 Å². The lowest BCUT2D eigenvalue weighted by atomic mass is 10.1. The average Bonchev–Trinajstić information content (AvgIpc) is 2.85. The highest BCUT2D eigenvalue weighted by molar-refractivity contribution is 6.14. The Bertz CT molecular complexity index is 840. The average molecular weight is 294 g/mol. The second-order valence-corrected chi connectivity index (χ2v) is 5.05. The third-order valence-electron chi connectivity index (χ3n) is 3.70. The number of hydrogen-bond donors (Lipinski definition) is 0. The summed E-state index contributed by atoms with van der Waals surface area (Å²) in [4.78, 5) is 10.4. The number of ether oxygens (including phenoxy) is 1. The highest BCUT2D eigenvalue weighted by atomic mass is 16.6. The molecule has 0 radical (unpaired) electrons. The Morgan fingerprint density at radius 1 is 1.18 bits per heavy atom. The van der Waals surface area contributed by atoms with Crippen molar-refractivity contribution in [1.82, 2.24) is 4.48 Å². The molecule has 0 saturated carbocycles. The molecule has 0 aliphatic carbocycles. The molecule has 0 N–H and O–H groups in total. The van der Waals surface area contributed by atoms with E-state index >= 15 is 0 Å². The molecule has 22 heavy (non-hydrogen) atoms. The van der Waals surface area contributed by atoms with E-state index in [0.29, 0.717) is 6.61 Å². The van der Waals surface area contributed by atoms with E-state index in [1.54, 1.807) is 12.1 Å². The van der Waals surface area contributed by atoms with Gasteiger partial charge in [0.05, 0.1) is 11.5 Å². The van der Waals surface area contributed by atoms with Gasteiger partial charge in [-0.2, -0.15) is 0 Å². The molecule has 0 amide bonds. The van der Waals surface area contributed by atoms with Crippen LogP contribution in [0.2, 0.25) is 0 Å². The van der Waals surface area contributed by atoms with Crippen molar-refractivity contribution in [2.24, 2.45) is 0 Å². The Morgan fingerprint density at radius 3 is 2.55 bits per heavy atom. The summed E-state index contributed by atoms with van der Waals surface area (Å²) in [5, 5.41) is 11.9. The molecule has 1 aromatic heterocycles. The zero-order valence-electron chi connectivity index (χ0n) is 12.4. The first kappa shape index (κ1) is 14.2. The highest BCUT2D eigenvalue weighted by Crippen LogP contribution is 2.30. The van der Waals surface area contributed by atoms with Crippen LogP contribution in [-0.2, 0) is 0 Å². The van der Waals surface area contributed by atoms with Crippen molar-refractivity contribution >= 4 is 24.6 Å². The van der Waals surface area contributed by atoms with Crippen LogP contribution in [0.15, 0.2) is 48.5 Å². The first-order valence-electron chi connectivity index (χ1n) is 7.07. The van der Waals surface area contributed by atoms with Gasteiger partial charge in [-0.15, -0.1) is 0 Å². The van der Waals surface area contributed by atoms with Gasteiger partial charge in [0, 0.05) is 29.4 Å². The normalized spacial score (nSPS) is 10.8. The molecule has 6 heteroatoms. The fourth-order valence-corrected chi connectivity index (χ4v) is 2.60. The molecule has 0 saturated heterocycles. The summed E-state index contributed by atoms with van der Waals surface area (Å²) in [5.74, 6) is 0.839. The molecule has 0 fully saturated rings. The molecule has 0 aliphatic heterocycles. The van der Waals surface area contributed by atoms with Crippen molar-refractivity contribution in [3.63, 3.8) is 0 Å². The van der Waals surface area contributed by atoms with E-state index in [-0.39, 0.29) is 10.6 Å². The molecular weight excluding hydrogens is 279 g/mol. The van der Waals surface area contributed by atoms with Gasteiger partial charge in [0.15, 0.2) is 0 Å². The molecule has 3 aromatic rings. The number of non-ortho nitro benzene ring substituents is 1. The van der Waals surface area contributed by atoms with Crippen molar-refractivity contribution < 1.29 is 9.66 Å². The van der Waals surface area contributed by atoms with Gasteiger partial charge in [-0.05, 0) is 48.2 Å². The van der Waals surface area contributed by atoms with E-state index in [1.165, 1.54) is 12.1 Å². The lowest BCUT2D eigenvalue weighted by molar-refractivity contribution is -0.384. The van der Waals surface area contributed by atoms with Crippen LogP contribution < -0.4 is 4.74 Å². The number of benzene rings is 2. The molecule has 0 atom stereocenters. The van der Waals surface area contributed by atoms with Crippen molar-refractivity contribution in [3.05, 3.63) is 58.6 Å². The van der Waals surface area contributed by atoms with E-state index in [0.717, 1.165) is 27.9 Å². The number of fused-ring (bicyclic) bond motifs is 1. The number of nitro benzene ring substituents is 1. The van der Waals surface area contributed by atoms with E-state index < -0.39 is 0 Å². The van der Waals surface area contributed by atoms with Crippen molar-refractivity contribution in [2.45, 2.75) is 6.92 Å². The van der Waals surface area contributed by atoms with Gasteiger partial charge in [0.25, 0.3) is 5.69 Å². The summed E-state index contributed by atoms with van der Waals surface area (Å²) in [5.41, 5.74) is 3.13. The topological polar surface area (TPSA) is 57.3 Å². The zero-order valence-corrected chi connectivity index (χ0v) is 12.4. The third kappa shape index (κ3) is 2.43. The molecule has 0 bridgehead atoms. The van der Waals surface area contributed by atoms with Gasteiger partial charge in [-0.3, -0.25) is 10.1 Å². The SMILES string of the molecule is Bn1c(-c2ccc([N+](=O)[O-])cc2)cc2ccc(OCC)cc21. The van der Waals surface area contributed by atoms with E-state index in [9.17, 15) is 10.1 Å². The molecule has 5 nitrogen and oxygen atoms in total. The van der Waals surface area contributed by atoms with Crippen LogP contribution in [0.4, 0.5) is 5.69 Å². The van der Waals surface area contributed by atoms with Gasteiger partial charge in [0.2, 0.25) is 7.98 Å². The lowest BCUT2D eigenvalue weighted by Gasteiger charge is -2.06. The predicted molar refractivity (Wildman–Crippen MR) is 89.1 cm³/mol. The highest BCUT2D eigenvalue weighted by Gasteiger charge is 2.10. The Hall–Kier alpha value is -2.76. The summed E-state index contributed by atoms with van der Waals surface area (Å²) < 4.78 is 7.61. The second kappa shape index (κ2) is 5.56. The smallest absolute Gasteiger partial charge is 0.269 e. The molecule has 2 aromatic carbocycles. The van der Waals surface area contributed by atoms with Crippen LogP contribution in [0.5, 0.6) is 5.75 Å². The third-order valence-corrected chi connectivity index (χ3v) is 3.70. The summed E-state index contributed by atoms with van der Waals surface area (Å²) in [6, 6.07) is 14.7. The maximum Gasteiger partial charge on any atom is 0.269 e. The van der Waals surface area contributed by atoms with Crippen LogP contribution in [0.3, 0.4) is 0 Å². The fraction of sp³-hybridized carbons (Fsp3) is 0.125. The minimum Gasteiger partial charge on any atom is -0.494 e. The number of nitrogens with zero attached hydrogens (tertiary/aromatic N) is 2. The number of rotatable bonds is 4. The fourth-order valence-electron chi connectivity index (χ4n) is 2.60. The summed E-state index contributed by atoms with van der Waals surface area (Å²) >= 11 is 0. The molecule has 0 aliphatic rings. The summed E-state index contributed by atoms with van der Waals surface area (Å²) in [6.07, 6.45) is 0. The van der Waals surface area contributed by atoms with Gasteiger partial charge in [0.1, 0.15) is 5.75 Å². The molecule has 1 heterocycles. The molecule has 110 valence electrons. The Balaban J connectivity index is 2.07. The largest absolute Gasteiger partial charge is 0.494 e. The van der Waals surface area contributed by atoms with Gasteiger partial charge in [-0.1, -0.05) is 0 Å². The molecular formula is C16H15BN2O3. The summed E-state index contributed by atoms with van der Waals surface area (Å²) in [6.45, 7) is 2.59. The number of nitro groups is 1. The van der Waals surface area contributed by atoms with Crippen molar-refractivity contribution in [3.8, 4) is 17.0 Å². The molecule has 0 unspecified atom stereocenters. The Morgan fingerprint density at radius 2 is 1.91 bits per heavy atom. The monoisotopic (exact) mass is 294 g/mol. The first-order valence-corrected chi connectivity index (χ1v) is 7.07. The van der Waals surface area contributed by atoms with E-state index in [1.807, 2.05) is 33.1 Å². The van der Waals surface area contributed by atoms with Gasteiger partial charge < -0.3 is 9.21 Å². The maximum absolute atomic E-state index is 10.7. The first-order chi connectivity index (χ1) is 10.6.